The van der Waals surface area contributed by atoms with Gasteiger partial charge in [0, 0.05) is 5.39 Å². The second kappa shape index (κ2) is 8.62. The summed E-state index contributed by atoms with van der Waals surface area (Å²) in [4.78, 5) is 19.8. The molecule has 0 aliphatic carbocycles. The van der Waals surface area contributed by atoms with E-state index >= 15 is 0 Å². The zero-order valence-electron chi connectivity index (χ0n) is 18.1. The van der Waals surface area contributed by atoms with Crippen LogP contribution in [0.1, 0.15) is 37.0 Å². The van der Waals surface area contributed by atoms with Crippen LogP contribution in [0.15, 0.2) is 62.9 Å². The van der Waals surface area contributed by atoms with Gasteiger partial charge in [-0.2, -0.15) is 0 Å². The van der Waals surface area contributed by atoms with Gasteiger partial charge < -0.3 is 20.0 Å². The molecule has 0 radical (unpaired) electrons. The van der Waals surface area contributed by atoms with E-state index in [4.69, 9.17) is 15.0 Å². The molecule has 0 saturated heterocycles. The van der Waals surface area contributed by atoms with Crippen LogP contribution in [0.3, 0.4) is 0 Å². The zero-order chi connectivity index (χ0) is 22.9. The van der Waals surface area contributed by atoms with Crippen molar-refractivity contribution in [3.05, 3.63) is 76.1 Å². The number of para-hydroxylation sites is 1. The van der Waals surface area contributed by atoms with Crippen LogP contribution in [0.5, 0.6) is 5.75 Å². The summed E-state index contributed by atoms with van der Waals surface area (Å²) < 4.78 is 12.8. The summed E-state index contributed by atoms with van der Waals surface area (Å²) in [6.07, 6.45) is 0. The zero-order valence-corrected chi connectivity index (χ0v) is 18.9. The lowest BCUT2D eigenvalue weighted by Gasteiger charge is -2.09. The molecule has 0 amide bonds. The van der Waals surface area contributed by atoms with Crippen molar-refractivity contribution in [2.75, 3.05) is 5.84 Å². The summed E-state index contributed by atoms with van der Waals surface area (Å²) in [5.74, 6) is 8.70. The van der Waals surface area contributed by atoms with Crippen LogP contribution >= 0.6 is 11.8 Å². The number of nitrogens with two attached hydrogens (primary N) is 1. The summed E-state index contributed by atoms with van der Waals surface area (Å²) in [5.41, 5.74) is 2.31. The number of rotatable bonds is 7. The molecule has 5 rings (SSSR count). The Hall–Kier alpha value is -3.79. The highest BCUT2D eigenvalue weighted by molar-refractivity contribution is 7.98. The number of nitrogens with zero attached hydrogens (tertiary/aromatic N) is 4. The lowest BCUT2D eigenvalue weighted by molar-refractivity contribution is 0.291. The second-order valence-corrected chi connectivity index (χ2v) is 8.80. The fourth-order valence-corrected chi connectivity index (χ4v) is 4.20. The van der Waals surface area contributed by atoms with Gasteiger partial charge in [-0.15, -0.1) is 10.2 Å². The third-order valence-corrected chi connectivity index (χ3v) is 6.22. The van der Waals surface area contributed by atoms with E-state index in [2.05, 4.69) is 34.0 Å². The van der Waals surface area contributed by atoms with Crippen LogP contribution < -0.4 is 16.1 Å². The van der Waals surface area contributed by atoms with Gasteiger partial charge in [-0.1, -0.05) is 49.9 Å². The first-order chi connectivity index (χ1) is 16.0. The molecule has 9 nitrogen and oxygen atoms in total. The van der Waals surface area contributed by atoms with E-state index < -0.39 is 0 Å². The third-order valence-electron chi connectivity index (χ3n) is 5.27. The number of thioether (sulfide) groups is 1. The van der Waals surface area contributed by atoms with E-state index in [-0.39, 0.29) is 17.7 Å². The van der Waals surface area contributed by atoms with E-state index in [1.807, 2.05) is 48.5 Å². The Kier molecular flexibility index (Phi) is 5.51. The number of H-pyrrole nitrogens is 1. The average molecular weight is 463 g/mol. The number of furan rings is 1. The van der Waals surface area contributed by atoms with E-state index in [0.717, 1.165) is 11.1 Å². The highest BCUT2D eigenvalue weighted by atomic mass is 32.2. The fraction of sp³-hybridized carbons (Fsp3) is 0.217. The molecule has 0 bridgehead atoms. The van der Waals surface area contributed by atoms with Crippen LogP contribution in [0.4, 0.5) is 0 Å². The molecule has 0 aliphatic heterocycles. The second-order valence-electron chi connectivity index (χ2n) is 7.86. The van der Waals surface area contributed by atoms with Crippen molar-refractivity contribution in [3.8, 4) is 5.75 Å². The third kappa shape index (κ3) is 4.17. The molecule has 33 heavy (non-hydrogen) atoms. The smallest absolute Gasteiger partial charge is 0.294 e. The Morgan fingerprint density at radius 1 is 1.15 bits per heavy atom. The van der Waals surface area contributed by atoms with Gasteiger partial charge in [-0.05, 0) is 35.7 Å². The van der Waals surface area contributed by atoms with Gasteiger partial charge in [-0.25, -0.2) is 9.66 Å². The highest BCUT2D eigenvalue weighted by Crippen LogP contribution is 2.26. The largest absolute Gasteiger partial charge is 0.486 e. The lowest BCUT2D eigenvalue weighted by Crippen LogP contribution is -2.16. The average Bonchev–Trinajstić information content (AvgIpc) is 3.37. The molecule has 0 fully saturated rings. The van der Waals surface area contributed by atoms with E-state index in [1.54, 1.807) is 0 Å². The van der Waals surface area contributed by atoms with Gasteiger partial charge in [0.05, 0.1) is 5.75 Å². The Balaban J connectivity index is 1.28. The number of nitrogen functional groups attached to an aromatic ring is 1. The van der Waals surface area contributed by atoms with Crippen LogP contribution in [0.2, 0.25) is 0 Å². The Bertz CT molecular complexity index is 1490. The predicted molar refractivity (Wildman–Crippen MR) is 127 cm³/mol. The minimum absolute atomic E-state index is 0.188. The number of aromatic amines is 1. The lowest BCUT2D eigenvalue weighted by atomic mass is 10.0. The van der Waals surface area contributed by atoms with Crippen molar-refractivity contribution < 1.29 is 9.15 Å². The van der Waals surface area contributed by atoms with E-state index in [0.29, 0.717) is 39.6 Å². The number of ether oxygens (including phenoxy) is 1. The first-order valence-corrected chi connectivity index (χ1v) is 11.4. The van der Waals surface area contributed by atoms with Crippen molar-refractivity contribution in [1.82, 2.24) is 24.8 Å². The highest BCUT2D eigenvalue weighted by Gasteiger charge is 2.15. The first kappa shape index (κ1) is 21.1. The maximum Gasteiger partial charge on any atom is 0.294 e. The van der Waals surface area contributed by atoms with Gasteiger partial charge in [0.25, 0.3) is 5.56 Å². The van der Waals surface area contributed by atoms with E-state index in [9.17, 15) is 4.79 Å². The number of nitrogens with one attached hydrogen (secondary N) is 1. The molecule has 0 atom stereocenters. The number of fused-ring (bicyclic) bond motifs is 3. The topological polar surface area (TPSA) is 125 Å². The number of hydrogen-bond donors (Lipinski definition) is 2. The minimum atomic E-state index is -0.321. The van der Waals surface area contributed by atoms with Gasteiger partial charge in [0.15, 0.2) is 5.82 Å². The fourth-order valence-electron chi connectivity index (χ4n) is 3.45. The molecule has 3 heterocycles. The minimum Gasteiger partial charge on any atom is -0.486 e. The number of hydrogen-bond acceptors (Lipinski definition) is 8. The Morgan fingerprint density at radius 2 is 1.94 bits per heavy atom. The van der Waals surface area contributed by atoms with Crippen molar-refractivity contribution in [2.24, 2.45) is 0 Å². The Morgan fingerprint density at radius 3 is 2.73 bits per heavy atom. The van der Waals surface area contributed by atoms with Gasteiger partial charge in [0.2, 0.25) is 10.7 Å². The quantitative estimate of drug-likeness (QED) is 0.275. The molecule has 0 unspecified atom stereocenters. The van der Waals surface area contributed by atoms with E-state index in [1.165, 1.54) is 22.0 Å². The maximum absolute atomic E-state index is 12.5. The molecule has 2 aromatic carbocycles. The first-order valence-electron chi connectivity index (χ1n) is 10.4. The molecule has 0 saturated carbocycles. The monoisotopic (exact) mass is 462 g/mol. The summed E-state index contributed by atoms with van der Waals surface area (Å²) in [7, 11) is 0. The number of aromatic nitrogens is 5. The SMILES string of the molecule is CC(C)c1ccc(OCc2nnc(SCc3nc4c(oc5ccccc54)c(=O)[nH]3)n2N)cc1. The molecular weight excluding hydrogens is 440 g/mol. The van der Waals surface area contributed by atoms with Crippen molar-refractivity contribution in [3.63, 3.8) is 0 Å². The molecule has 0 spiro atoms. The van der Waals surface area contributed by atoms with Crippen LogP contribution in [0, 0.1) is 0 Å². The summed E-state index contributed by atoms with van der Waals surface area (Å²) >= 11 is 1.32. The van der Waals surface area contributed by atoms with Crippen LogP contribution in [0.25, 0.3) is 22.1 Å². The normalized spacial score (nSPS) is 11.6. The molecule has 3 aromatic heterocycles. The summed E-state index contributed by atoms with van der Waals surface area (Å²) in [6, 6.07) is 15.4. The maximum atomic E-state index is 12.5. The molecule has 10 heteroatoms. The van der Waals surface area contributed by atoms with Crippen LogP contribution in [-0.4, -0.2) is 24.8 Å². The van der Waals surface area contributed by atoms with Crippen molar-refractivity contribution in [1.29, 1.82) is 0 Å². The molecule has 3 N–H and O–H groups in total. The van der Waals surface area contributed by atoms with Gasteiger partial charge in [0.1, 0.15) is 29.3 Å². The van der Waals surface area contributed by atoms with Crippen LogP contribution in [-0.2, 0) is 12.4 Å². The molecule has 0 aliphatic rings. The summed E-state index contributed by atoms with van der Waals surface area (Å²) in [5, 5.41) is 9.55. The summed E-state index contributed by atoms with van der Waals surface area (Å²) in [6.45, 7) is 4.48. The standard InChI is InChI=1S/C23H22N6O3S/c1-13(2)14-7-9-15(10-8-14)31-11-19-27-28-23(29(19)24)33-12-18-25-20-16-5-3-4-6-17(16)32-21(20)22(30)26-18/h3-10,13H,11-12,24H2,1-2H3,(H,25,26,30). The number of benzene rings is 2. The Labute approximate surface area is 193 Å². The van der Waals surface area contributed by atoms with Gasteiger partial charge >= 0.3 is 0 Å². The molecular formula is C23H22N6O3S. The van der Waals surface area contributed by atoms with Crippen molar-refractivity contribution in [2.45, 2.75) is 37.3 Å². The molecule has 5 aromatic rings. The predicted octanol–water partition coefficient (Wildman–Crippen LogP) is 3.97. The molecule has 168 valence electrons. The van der Waals surface area contributed by atoms with Gasteiger partial charge in [-0.3, -0.25) is 4.79 Å². The van der Waals surface area contributed by atoms with Crippen molar-refractivity contribution >= 4 is 33.8 Å².